The predicted molar refractivity (Wildman–Crippen MR) is 72.0 cm³/mol. The fourth-order valence-electron chi connectivity index (χ4n) is 1.65. The van der Waals surface area contributed by atoms with Crippen LogP contribution >= 0.6 is 0 Å². The van der Waals surface area contributed by atoms with Crippen LogP contribution in [0.25, 0.3) is 11.0 Å². The van der Waals surface area contributed by atoms with Crippen LogP contribution in [-0.4, -0.2) is 58.6 Å². The molecule has 0 saturated carbocycles. The summed E-state index contributed by atoms with van der Waals surface area (Å²) < 4.78 is 25.9. The molecule has 0 bridgehead atoms. The van der Waals surface area contributed by atoms with E-state index in [9.17, 15) is 13.2 Å². The zero-order valence-electron chi connectivity index (χ0n) is 11.0. The summed E-state index contributed by atoms with van der Waals surface area (Å²) in [6.07, 6.45) is 0. The Kier molecular flexibility index (Phi) is 3.73. The number of carboxylic acid groups (broad SMARTS) is 1. The Balaban J connectivity index is 2.31. The molecule has 9 heteroatoms. The van der Waals surface area contributed by atoms with Crippen molar-refractivity contribution in [3.8, 4) is 0 Å². The van der Waals surface area contributed by atoms with Crippen LogP contribution in [0.5, 0.6) is 0 Å². The smallest absolute Gasteiger partial charge is 0.335 e. The Morgan fingerprint density at radius 1 is 1.40 bits per heavy atom. The first-order chi connectivity index (χ1) is 9.31. The first-order valence-corrected chi connectivity index (χ1v) is 7.39. The molecular weight excluding hydrogens is 284 g/mol. The maximum Gasteiger partial charge on any atom is 0.335 e. The van der Waals surface area contributed by atoms with Crippen LogP contribution in [0, 0.1) is 0 Å². The summed E-state index contributed by atoms with van der Waals surface area (Å²) in [5.41, 5.74) is 1.13. The van der Waals surface area contributed by atoms with E-state index in [2.05, 4.69) is 10.3 Å². The van der Waals surface area contributed by atoms with E-state index in [1.165, 1.54) is 30.9 Å². The Labute approximate surface area is 115 Å². The second-order valence-electron chi connectivity index (χ2n) is 4.42. The van der Waals surface area contributed by atoms with Crippen molar-refractivity contribution < 1.29 is 18.3 Å². The molecule has 0 aliphatic carbocycles. The third-order valence-electron chi connectivity index (χ3n) is 2.88. The van der Waals surface area contributed by atoms with Gasteiger partial charge in [-0.15, -0.1) is 5.10 Å². The lowest BCUT2D eigenvalue weighted by atomic mass is 10.2. The van der Waals surface area contributed by atoms with Gasteiger partial charge in [-0.2, -0.15) is 0 Å². The molecule has 0 spiro atoms. The maximum atomic E-state index is 11.7. The number of carboxylic acids is 1. The predicted octanol–water partition coefficient (Wildman–Crippen LogP) is 0.0209. The summed E-state index contributed by atoms with van der Waals surface area (Å²) in [6, 6.07) is 4.41. The van der Waals surface area contributed by atoms with Crippen molar-refractivity contribution in [2.24, 2.45) is 0 Å². The van der Waals surface area contributed by atoms with Gasteiger partial charge in [0.1, 0.15) is 5.52 Å². The minimum atomic E-state index is -3.34. The molecule has 0 aliphatic rings. The van der Waals surface area contributed by atoms with Crippen molar-refractivity contribution in [3.05, 3.63) is 23.8 Å². The largest absolute Gasteiger partial charge is 0.478 e. The molecule has 0 aliphatic heterocycles. The quantitative estimate of drug-likeness (QED) is 0.834. The monoisotopic (exact) mass is 298 g/mol. The first kappa shape index (κ1) is 14.4. The van der Waals surface area contributed by atoms with Gasteiger partial charge in [0.2, 0.25) is 10.0 Å². The number of rotatable bonds is 5. The molecule has 0 unspecified atom stereocenters. The molecule has 20 heavy (non-hydrogen) atoms. The molecule has 0 fully saturated rings. The molecule has 1 aromatic carbocycles. The van der Waals surface area contributed by atoms with Gasteiger partial charge in [0.05, 0.1) is 23.4 Å². The molecule has 2 rings (SSSR count). The van der Waals surface area contributed by atoms with E-state index in [4.69, 9.17) is 5.11 Å². The average Bonchev–Trinajstić information content (AvgIpc) is 2.78. The minimum Gasteiger partial charge on any atom is -0.478 e. The lowest BCUT2D eigenvalue weighted by Gasteiger charge is -2.10. The van der Waals surface area contributed by atoms with E-state index in [-0.39, 0.29) is 17.9 Å². The molecular formula is C11H14N4O4S. The van der Waals surface area contributed by atoms with Crippen LogP contribution in [0.2, 0.25) is 0 Å². The summed E-state index contributed by atoms with van der Waals surface area (Å²) in [6.45, 7) is 0.111. The molecule has 0 atom stereocenters. The van der Waals surface area contributed by atoms with Crippen molar-refractivity contribution >= 4 is 27.0 Å². The van der Waals surface area contributed by atoms with E-state index in [0.29, 0.717) is 11.0 Å². The van der Waals surface area contributed by atoms with Gasteiger partial charge >= 0.3 is 5.97 Å². The van der Waals surface area contributed by atoms with E-state index in [1.807, 2.05) is 0 Å². The Bertz CT molecular complexity index is 751. The van der Waals surface area contributed by atoms with Crippen molar-refractivity contribution in [1.29, 1.82) is 0 Å². The van der Waals surface area contributed by atoms with E-state index >= 15 is 0 Å². The Morgan fingerprint density at radius 3 is 2.70 bits per heavy atom. The number of aryl methyl sites for hydroxylation is 1. The highest BCUT2D eigenvalue weighted by atomic mass is 32.2. The number of benzene rings is 1. The number of nitrogens with zero attached hydrogens (tertiary/aromatic N) is 4. The van der Waals surface area contributed by atoms with E-state index in [1.54, 1.807) is 6.07 Å². The molecule has 0 radical (unpaired) electrons. The van der Waals surface area contributed by atoms with Crippen molar-refractivity contribution in [1.82, 2.24) is 19.3 Å². The summed E-state index contributed by atoms with van der Waals surface area (Å²) in [5.74, 6) is -1.18. The van der Waals surface area contributed by atoms with Gasteiger partial charge in [0.25, 0.3) is 0 Å². The standard InChI is InChI=1S/C11H14N4O4S/c1-14(2)20(18,19)6-5-15-10-7-8(11(16)17)3-4-9(10)12-13-15/h3-4,7H,5-6H2,1-2H3,(H,16,17). The van der Waals surface area contributed by atoms with Gasteiger partial charge in [-0.05, 0) is 18.2 Å². The van der Waals surface area contributed by atoms with Crippen LogP contribution in [0.3, 0.4) is 0 Å². The average molecular weight is 298 g/mol. The SMILES string of the molecule is CN(C)S(=O)(=O)CCn1nnc2ccc(C(=O)O)cc21. The van der Waals surface area contributed by atoms with E-state index in [0.717, 1.165) is 4.31 Å². The zero-order valence-corrected chi connectivity index (χ0v) is 11.8. The maximum absolute atomic E-state index is 11.7. The Morgan fingerprint density at radius 2 is 2.10 bits per heavy atom. The summed E-state index contributed by atoms with van der Waals surface area (Å²) in [4.78, 5) is 10.9. The second kappa shape index (κ2) is 5.17. The number of sulfonamides is 1. The molecule has 1 N–H and O–H groups in total. The minimum absolute atomic E-state index is 0.108. The second-order valence-corrected chi connectivity index (χ2v) is 6.72. The summed E-state index contributed by atoms with van der Waals surface area (Å²) in [7, 11) is -0.430. The van der Waals surface area contributed by atoms with Gasteiger partial charge in [0.15, 0.2) is 0 Å². The number of hydrogen-bond acceptors (Lipinski definition) is 5. The Hall–Kier alpha value is -2.00. The number of hydrogen-bond donors (Lipinski definition) is 1. The third kappa shape index (κ3) is 2.78. The highest BCUT2D eigenvalue weighted by molar-refractivity contribution is 7.89. The van der Waals surface area contributed by atoms with Crippen molar-refractivity contribution in [3.63, 3.8) is 0 Å². The molecule has 1 aromatic heterocycles. The topological polar surface area (TPSA) is 105 Å². The van der Waals surface area contributed by atoms with Crippen LogP contribution in [0.1, 0.15) is 10.4 Å². The molecule has 8 nitrogen and oxygen atoms in total. The lowest BCUT2D eigenvalue weighted by Crippen LogP contribution is -2.27. The molecule has 2 aromatic rings. The molecule has 0 saturated heterocycles. The third-order valence-corrected chi connectivity index (χ3v) is 4.69. The number of aromatic nitrogens is 3. The summed E-state index contributed by atoms with van der Waals surface area (Å²) in [5, 5.41) is 16.7. The van der Waals surface area contributed by atoms with E-state index < -0.39 is 16.0 Å². The van der Waals surface area contributed by atoms with Gasteiger partial charge < -0.3 is 5.11 Å². The van der Waals surface area contributed by atoms with Crippen LogP contribution in [0.15, 0.2) is 18.2 Å². The highest BCUT2D eigenvalue weighted by Gasteiger charge is 2.15. The van der Waals surface area contributed by atoms with Gasteiger partial charge in [0, 0.05) is 14.1 Å². The van der Waals surface area contributed by atoms with Gasteiger partial charge in [-0.3, -0.25) is 0 Å². The van der Waals surface area contributed by atoms with Crippen molar-refractivity contribution in [2.45, 2.75) is 6.54 Å². The molecule has 108 valence electrons. The van der Waals surface area contributed by atoms with Crippen LogP contribution in [-0.2, 0) is 16.6 Å². The summed E-state index contributed by atoms with van der Waals surface area (Å²) >= 11 is 0. The molecule has 0 amide bonds. The number of aromatic carboxylic acids is 1. The van der Waals surface area contributed by atoms with Crippen LogP contribution in [0.4, 0.5) is 0 Å². The normalized spacial score (nSPS) is 12.2. The fraction of sp³-hybridized carbons (Fsp3) is 0.364. The number of carbonyl (C=O) groups is 1. The van der Waals surface area contributed by atoms with Gasteiger partial charge in [-0.25, -0.2) is 22.2 Å². The molecule has 1 heterocycles. The van der Waals surface area contributed by atoms with Crippen molar-refractivity contribution in [2.75, 3.05) is 19.8 Å². The van der Waals surface area contributed by atoms with Crippen LogP contribution < -0.4 is 0 Å². The van der Waals surface area contributed by atoms with Gasteiger partial charge in [-0.1, -0.05) is 5.21 Å². The highest BCUT2D eigenvalue weighted by Crippen LogP contribution is 2.14. The lowest BCUT2D eigenvalue weighted by molar-refractivity contribution is 0.0697. The first-order valence-electron chi connectivity index (χ1n) is 5.78. The number of fused-ring (bicyclic) bond motifs is 1. The zero-order chi connectivity index (χ0) is 14.9. The fourth-order valence-corrected chi connectivity index (χ4v) is 2.42.